The Hall–Kier alpha value is -3.79. The van der Waals surface area contributed by atoms with E-state index in [-0.39, 0.29) is 5.91 Å². The molecular formula is C25H26N4O3. The molecule has 1 aliphatic rings. The molecule has 0 aliphatic carbocycles. The summed E-state index contributed by atoms with van der Waals surface area (Å²) in [4.78, 5) is 21.8. The minimum atomic E-state index is -0.0695. The van der Waals surface area contributed by atoms with Crippen molar-refractivity contribution in [3.63, 3.8) is 0 Å². The SMILES string of the molecule is COc1cc(OC)cc(C(=O)N2CCN(c3nc4cc(C)c(C)cc4cc3C#N)CC2)c1. The highest BCUT2D eigenvalue weighted by atomic mass is 16.5. The summed E-state index contributed by atoms with van der Waals surface area (Å²) in [5.41, 5.74) is 4.31. The van der Waals surface area contributed by atoms with Crippen LogP contribution in [0.4, 0.5) is 5.82 Å². The Morgan fingerprint density at radius 3 is 2.16 bits per heavy atom. The van der Waals surface area contributed by atoms with Gasteiger partial charge in [-0.05, 0) is 55.3 Å². The number of hydrogen-bond acceptors (Lipinski definition) is 6. The molecule has 32 heavy (non-hydrogen) atoms. The second kappa shape index (κ2) is 8.75. The molecule has 0 radical (unpaired) electrons. The maximum absolute atomic E-state index is 13.1. The third-order valence-electron chi connectivity index (χ3n) is 6.00. The lowest BCUT2D eigenvalue weighted by Crippen LogP contribution is -2.49. The fourth-order valence-corrected chi connectivity index (χ4v) is 3.99. The minimum absolute atomic E-state index is 0.0695. The predicted molar refractivity (Wildman–Crippen MR) is 124 cm³/mol. The van der Waals surface area contributed by atoms with Crippen LogP contribution in [0.5, 0.6) is 11.5 Å². The number of pyridine rings is 1. The number of amides is 1. The van der Waals surface area contributed by atoms with E-state index >= 15 is 0 Å². The smallest absolute Gasteiger partial charge is 0.254 e. The van der Waals surface area contributed by atoms with Crippen LogP contribution in [0.15, 0.2) is 36.4 Å². The van der Waals surface area contributed by atoms with Gasteiger partial charge in [0.05, 0.1) is 25.3 Å². The molecule has 2 aromatic carbocycles. The lowest BCUT2D eigenvalue weighted by Gasteiger charge is -2.36. The summed E-state index contributed by atoms with van der Waals surface area (Å²) >= 11 is 0. The number of piperazine rings is 1. The summed E-state index contributed by atoms with van der Waals surface area (Å²) in [6.07, 6.45) is 0. The molecule has 7 nitrogen and oxygen atoms in total. The number of carbonyl (C=O) groups excluding carboxylic acids is 1. The van der Waals surface area contributed by atoms with Crippen LogP contribution in [-0.2, 0) is 0 Å². The summed E-state index contributed by atoms with van der Waals surface area (Å²) in [7, 11) is 3.13. The molecule has 3 aromatic rings. The highest BCUT2D eigenvalue weighted by molar-refractivity contribution is 5.95. The van der Waals surface area contributed by atoms with E-state index in [9.17, 15) is 10.1 Å². The average molecular weight is 431 g/mol. The largest absolute Gasteiger partial charge is 0.497 e. The number of nitriles is 1. The minimum Gasteiger partial charge on any atom is -0.497 e. The van der Waals surface area contributed by atoms with Gasteiger partial charge in [0, 0.05) is 43.2 Å². The summed E-state index contributed by atoms with van der Waals surface area (Å²) in [5.74, 6) is 1.77. The zero-order chi connectivity index (χ0) is 22.8. The fraction of sp³-hybridized carbons (Fsp3) is 0.320. The average Bonchev–Trinajstić information content (AvgIpc) is 2.83. The van der Waals surface area contributed by atoms with Crippen molar-refractivity contribution in [3.8, 4) is 17.6 Å². The molecule has 0 N–H and O–H groups in total. The number of carbonyl (C=O) groups is 1. The van der Waals surface area contributed by atoms with E-state index < -0.39 is 0 Å². The number of ether oxygens (including phenoxy) is 2. The number of rotatable bonds is 4. The number of hydrogen-bond donors (Lipinski definition) is 0. The lowest BCUT2D eigenvalue weighted by atomic mass is 10.0. The van der Waals surface area contributed by atoms with Crippen LogP contribution in [-0.4, -0.2) is 56.2 Å². The van der Waals surface area contributed by atoms with Crippen LogP contribution < -0.4 is 14.4 Å². The zero-order valence-corrected chi connectivity index (χ0v) is 18.8. The highest BCUT2D eigenvalue weighted by Gasteiger charge is 2.25. The van der Waals surface area contributed by atoms with E-state index in [2.05, 4.69) is 36.9 Å². The quantitative estimate of drug-likeness (QED) is 0.628. The van der Waals surface area contributed by atoms with Gasteiger partial charge in [-0.15, -0.1) is 0 Å². The summed E-state index contributed by atoms with van der Waals surface area (Å²) in [6.45, 7) is 6.40. The first-order chi connectivity index (χ1) is 15.4. The van der Waals surface area contributed by atoms with Crippen molar-refractivity contribution in [1.29, 1.82) is 5.26 Å². The molecule has 164 valence electrons. The van der Waals surface area contributed by atoms with Crippen molar-refractivity contribution in [1.82, 2.24) is 9.88 Å². The fourth-order valence-electron chi connectivity index (χ4n) is 3.99. The molecule has 2 heterocycles. The third kappa shape index (κ3) is 4.04. The van der Waals surface area contributed by atoms with Crippen LogP contribution in [0.3, 0.4) is 0 Å². The van der Waals surface area contributed by atoms with Gasteiger partial charge in [-0.1, -0.05) is 0 Å². The topological polar surface area (TPSA) is 78.7 Å². The first-order valence-corrected chi connectivity index (χ1v) is 10.5. The van der Waals surface area contributed by atoms with Gasteiger partial charge in [-0.25, -0.2) is 4.98 Å². The first kappa shape index (κ1) is 21.4. The molecule has 0 spiro atoms. The van der Waals surface area contributed by atoms with Gasteiger partial charge in [0.15, 0.2) is 0 Å². The Labute approximate surface area is 187 Å². The third-order valence-corrected chi connectivity index (χ3v) is 6.00. The predicted octanol–water partition coefficient (Wildman–Crippen LogP) is 3.70. The van der Waals surface area contributed by atoms with Crippen molar-refractivity contribution in [2.45, 2.75) is 13.8 Å². The van der Waals surface area contributed by atoms with E-state index in [1.807, 2.05) is 11.0 Å². The molecular weight excluding hydrogens is 404 g/mol. The Kier molecular flexibility index (Phi) is 5.87. The molecule has 1 fully saturated rings. The van der Waals surface area contributed by atoms with Crippen LogP contribution in [0, 0.1) is 25.2 Å². The van der Waals surface area contributed by atoms with Gasteiger partial charge >= 0.3 is 0 Å². The van der Waals surface area contributed by atoms with E-state index in [4.69, 9.17) is 14.5 Å². The standard InChI is InChI=1S/C25H26N4O3/c1-16-9-18-11-20(15-26)24(27-23(18)10-17(16)2)28-5-7-29(8-6-28)25(30)19-12-21(31-3)14-22(13-19)32-4/h9-14H,5-8H2,1-4H3. The number of aryl methyl sites for hydroxylation is 2. The van der Waals surface area contributed by atoms with Gasteiger partial charge < -0.3 is 19.3 Å². The van der Waals surface area contributed by atoms with Crippen molar-refractivity contribution in [3.05, 3.63) is 58.7 Å². The number of fused-ring (bicyclic) bond motifs is 1. The molecule has 0 atom stereocenters. The van der Waals surface area contributed by atoms with Crippen molar-refractivity contribution < 1.29 is 14.3 Å². The van der Waals surface area contributed by atoms with Crippen molar-refractivity contribution in [2.24, 2.45) is 0 Å². The maximum Gasteiger partial charge on any atom is 0.254 e. The molecule has 0 unspecified atom stereocenters. The molecule has 7 heteroatoms. The molecule has 1 aliphatic heterocycles. The molecule has 1 saturated heterocycles. The van der Waals surface area contributed by atoms with E-state index in [1.165, 1.54) is 11.1 Å². The van der Waals surface area contributed by atoms with E-state index in [1.54, 1.807) is 32.4 Å². The zero-order valence-electron chi connectivity index (χ0n) is 18.8. The van der Waals surface area contributed by atoms with Gasteiger partial charge in [0.2, 0.25) is 0 Å². The molecule has 0 bridgehead atoms. The van der Waals surface area contributed by atoms with Crippen LogP contribution in [0.25, 0.3) is 10.9 Å². The summed E-state index contributed by atoms with van der Waals surface area (Å²) in [5, 5.41) is 10.7. The maximum atomic E-state index is 13.1. The summed E-state index contributed by atoms with van der Waals surface area (Å²) in [6, 6.07) is 13.5. The normalized spacial score (nSPS) is 13.7. The summed E-state index contributed by atoms with van der Waals surface area (Å²) < 4.78 is 10.6. The Bertz CT molecular complexity index is 1200. The van der Waals surface area contributed by atoms with Gasteiger partial charge in [-0.3, -0.25) is 4.79 Å². The second-order valence-electron chi connectivity index (χ2n) is 7.98. The Morgan fingerprint density at radius 1 is 0.938 bits per heavy atom. The highest BCUT2D eigenvalue weighted by Crippen LogP contribution is 2.27. The molecule has 1 amide bonds. The van der Waals surface area contributed by atoms with Gasteiger partial charge in [0.1, 0.15) is 23.4 Å². The monoisotopic (exact) mass is 430 g/mol. The lowest BCUT2D eigenvalue weighted by molar-refractivity contribution is 0.0745. The number of benzene rings is 2. The number of anilines is 1. The molecule has 1 aromatic heterocycles. The van der Waals surface area contributed by atoms with Crippen molar-refractivity contribution >= 4 is 22.6 Å². The number of nitrogens with zero attached hydrogens (tertiary/aromatic N) is 4. The Morgan fingerprint density at radius 2 is 1.56 bits per heavy atom. The number of aromatic nitrogens is 1. The van der Waals surface area contributed by atoms with Gasteiger partial charge in [0.25, 0.3) is 5.91 Å². The number of methoxy groups -OCH3 is 2. The van der Waals surface area contributed by atoms with Gasteiger partial charge in [-0.2, -0.15) is 5.26 Å². The van der Waals surface area contributed by atoms with Crippen molar-refractivity contribution in [2.75, 3.05) is 45.3 Å². The molecule has 4 rings (SSSR count). The van der Waals surface area contributed by atoms with E-state index in [0.717, 1.165) is 10.9 Å². The molecule has 0 saturated carbocycles. The first-order valence-electron chi connectivity index (χ1n) is 10.5. The van der Waals surface area contributed by atoms with Crippen LogP contribution in [0.1, 0.15) is 27.0 Å². The second-order valence-corrected chi connectivity index (χ2v) is 7.98. The Balaban J connectivity index is 1.55. The van der Waals surface area contributed by atoms with E-state index in [0.29, 0.717) is 54.6 Å². The van der Waals surface area contributed by atoms with Crippen LogP contribution in [0.2, 0.25) is 0 Å². The van der Waals surface area contributed by atoms with Crippen LogP contribution >= 0.6 is 0 Å².